The van der Waals surface area contributed by atoms with E-state index in [-0.39, 0.29) is 0 Å². The fourth-order valence-corrected chi connectivity index (χ4v) is 2.54. The predicted octanol–water partition coefficient (Wildman–Crippen LogP) is 2.28. The summed E-state index contributed by atoms with van der Waals surface area (Å²) in [5.74, 6) is 2.21. The van der Waals surface area contributed by atoms with E-state index in [1.807, 2.05) is 39.2 Å². The van der Waals surface area contributed by atoms with Gasteiger partial charge in [-0.3, -0.25) is 0 Å². The van der Waals surface area contributed by atoms with E-state index in [0.29, 0.717) is 12.0 Å². The highest BCUT2D eigenvalue weighted by Crippen LogP contribution is 2.24. The Bertz CT molecular complexity index is 691. The summed E-state index contributed by atoms with van der Waals surface area (Å²) in [5.41, 5.74) is 2.90. The van der Waals surface area contributed by atoms with Gasteiger partial charge in [-0.15, -0.1) is 0 Å². The lowest BCUT2D eigenvalue weighted by Crippen LogP contribution is -2.34. The summed E-state index contributed by atoms with van der Waals surface area (Å²) < 4.78 is 5.47. The zero-order valence-electron chi connectivity index (χ0n) is 15.6. The summed E-state index contributed by atoms with van der Waals surface area (Å²) in [4.78, 5) is 8.86. The van der Waals surface area contributed by atoms with E-state index >= 15 is 0 Å². The van der Waals surface area contributed by atoms with E-state index in [2.05, 4.69) is 44.2 Å². The highest BCUT2D eigenvalue weighted by molar-refractivity contribution is 5.58. The van der Waals surface area contributed by atoms with Crippen molar-refractivity contribution >= 4 is 17.5 Å². The van der Waals surface area contributed by atoms with E-state index in [4.69, 9.17) is 4.74 Å². The Balaban J connectivity index is 2.16. The number of nitrogens with one attached hydrogen (secondary N) is 4. The molecule has 1 heterocycles. The van der Waals surface area contributed by atoms with Crippen LogP contribution in [0.5, 0.6) is 5.75 Å². The summed E-state index contributed by atoms with van der Waals surface area (Å²) in [7, 11) is 5.48. The summed E-state index contributed by atoms with van der Waals surface area (Å²) in [5, 5.41) is 13.0. The second kappa shape index (κ2) is 9.19. The second-order valence-corrected chi connectivity index (χ2v) is 5.96. The first-order valence-corrected chi connectivity index (χ1v) is 8.41. The lowest BCUT2D eigenvalue weighted by atomic mass is 10.1. The molecule has 0 spiro atoms. The van der Waals surface area contributed by atoms with Crippen molar-refractivity contribution in [1.82, 2.24) is 20.6 Å². The maximum atomic E-state index is 5.47. The molecular formula is C18H28N6O. The zero-order valence-corrected chi connectivity index (χ0v) is 15.6. The molecule has 1 aromatic carbocycles. The molecule has 7 heteroatoms. The van der Waals surface area contributed by atoms with Crippen LogP contribution in [0.1, 0.15) is 18.2 Å². The van der Waals surface area contributed by atoms with E-state index < -0.39 is 0 Å². The van der Waals surface area contributed by atoms with E-state index in [1.54, 1.807) is 7.11 Å². The van der Waals surface area contributed by atoms with Crippen molar-refractivity contribution in [3.63, 3.8) is 0 Å². The molecule has 0 unspecified atom stereocenters. The van der Waals surface area contributed by atoms with Crippen LogP contribution in [0.3, 0.4) is 0 Å². The molecule has 7 nitrogen and oxygen atoms in total. The van der Waals surface area contributed by atoms with Crippen LogP contribution in [0.15, 0.2) is 24.3 Å². The first kappa shape index (κ1) is 19.0. The summed E-state index contributed by atoms with van der Waals surface area (Å²) in [6.07, 6.45) is 0. The highest BCUT2D eigenvalue weighted by atomic mass is 16.5. The van der Waals surface area contributed by atoms with Crippen molar-refractivity contribution in [2.24, 2.45) is 0 Å². The standard InChI is InChI=1S/C18H28N6O/c1-12-8-17(20-4)24-18(22-12)23-15-6-7-16(25-5)14(9-15)11-21-13(2)10-19-3/h6-9,13,19,21H,10-11H2,1-5H3,(H2,20,22,23,24)/t13-/m0/s1. The van der Waals surface area contributed by atoms with Gasteiger partial charge in [0.25, 0.3) is 0 Å². The average Bonchev–Trinajstić information content (AvgIpc) is 2.60. The molecule has 0 bridgehead atoms. The topological polar surface area (TPSA) is 83.1 Å². The Morgan fingerprint density at radius 1 is 1.16 bits per heavy atom. The van der Waals surface area contributed by atoms with Crippen LogP contribution in [0, 0.1) is 6.92 Å². The Morgan fingerprint density at radius 2 is 1.96 bits per heavy atom. The van der Waals surface area contributed by atoms with Crippen LogP contribution in [-0.4, -0.2) is 43.8 Å². The van der Waals surface area contributed by atoms with Crippen LogP contribution in [0.2, 0.25) is 0 Å². The highest BCUT2D eigenvalue weighted by Gasteiger charge is 2.08. The van der Waals surface area contributed by atoms with Crippen LogP contribution in [0.4, 0.5) is 17.5 Å². The molecule has 4 N–H and O–H groups in total. The van der Waals surface area contributed by atoms with Gasteiger partial charge in [0.1, 0.15) is 11.6 Å². The van der Waals surface area contributed by atoms with Gasteiger partial charge in [0.2, 0.25) is 5.95 Å². The molecule has 0 aliphatic carbocycles. The third kappa shape index (κ3) is 5.58. The monoisotopic (exact) mass is 344 g/mol. The maximum absolute atomic E-state index is 5.47. The fourth-order valence-electron chi connectivity index (χ4n) is 2.54. The molecule has 0 saturated heterocycles. The minimum Gasteiger partial charge on any atom is -0.496 e. The minimum atomic E-state index is 0.365. The summed E-state index contributed by atoms with van der Waals surface area (Å²) in [6.45, 7) is 5.72. The number of nitrogens with zero attached hydrogens (tertiary/aromatic N) is 2. The molecule has 0 radical (unpaired) electrons. The molecule has 136 valence electrons. The number of ether oxygens (including phenoxy) is 1. The van der Waals surface area contributed by atoms with Crippen molar-refractivity contribution < 1.29 is 4.74 Å². The number of hydrogen-bond acceptors (Lipinski definition) is 7. The van der Waals surface area contributed by atoms with Gasteiger partial charge in [0.05, 0.1) is 7.11 Å². The third-order valence-corrected chi connectivity index (χ3v) is 3.80. The smallest absolute Gasteiger partial charge is 0.229 e. The Kier molecular flexibility index (Phi) is 6.97. The van der Waals surface area contributed by atoms with E-state index in [9.17, 15) is 0 Å². The summed E-state index contributed by atoms with van der Waals surface area (Å²) in [6, 6.07) is 8.24. The van der Waals surface area contributed by atoms with Crippen LogP contribution >= 0.6 is 0 Å². The quantitative estimate of drug-likeness (QED) is 0.555. The molecule has 1 aromatic heterocycles. The van der Waals surface area contributed by atoms with Crippen LogP contribution < -0.4 is 26.0 Å². The second-order valence-electron chi connectivity index (χ2n) is 5.96. The summed E-state index contributed by atoms with van der Waals surface area (Å²) >= 11 is 0. The predicted molar refractivity (Wildman–Crippen MR) is 103 cm³/mol. The van der Waals surface area contributed by atoms with Gasteiger partial charge in [-0.25, -0.2) is 4.98 Å². The molecule has 2 rings (SSSR count). The van der Waals surface area contributed by atoms with Crippen LogP contribution in [0.25, 0.3) is 0 Å². The largest absolute Gasteiger partial charge is 0.496 e. The van der Waals surface area contributed by atoms with Crippen LogP contribution in [-0.2, 0) is 6.54 Å². The number of aromatic nitrogens is 2. The lowest BCUT2D eigenvalue weighted by Gasteiger charge is -2.16. The Morgan fingerprint density at radius 3 is 2.64 bits per heavy atom. The fraction of sp³-hybridized carbons (Fsp3) is 0.444. The van der Waals surface area contributed by atoms with E-state index in [1.165, 1.54) is 0 Å². The normalized spacial score (nSPS) is 11.9. The Labute approximate surface area is 149 Å². The van der Waals surface area contributed by atoms with Crippen molar-refractivity contribution in [2.45, 2.75) is 26.4 Å². The number of hydrogen-bond donors (Lipinski definition) is 4. The van der Waals surface area contributed by atoms with Gasteiger partial charge >= 0.3 is 0 Å². The SMILES string of the molecule is CNC[C@H](C)NCc1cc(Nc2nc(C)cc(NC)n2)ccc1OC. The van der Waals surface area contributed by atoms with Gasteiger partial charge in [0, 0.05) is 49.2 Å². The van der Waals surface area contributed by atoms with Gasteiger partial charge in [-0.05, 0) is 39.1 Å². The van der Waals surface area contributed by atoms with Crippen molar-refractivity contribution in [3.8, 4) is 5.75 Å². The molecule has 0 amide bonds. The molecule has 2 aromatic rings. The molecule has 0 aliphatic rings. The number of rotatable bonds is 9. The van der Waals surface area contributed by atoms with Gasteiger partial charge in [0.15, 0.2) is 0 Å². The van der Waals surface area contributed by atoms with Gasteiger partial charge in [-0.1, -0.05) is 0 Å². The first-order valence-electron chi connectivity index (χ1n) is 8.41. The average molecular weight is 344 g/mol. The van der Waals surface area contributed by atoms with Gasteiger partial charge in [-0.2, -0.15) is 4.98 Å². The van der Waals surface area contributed by atoms with E-state index in [0.717, 1.165) is 41.6 Å². The number of aryl methyl sites for hydroxylation is 1. The Hall–Kier alpha value is -2.38. The number of methoxy groups -OCH3 is 1. The molecule has 25 heavy (non-hydrogen) atoms. The minimum absolute atomic E-state index is 0.365. The van der Waals surface area contributed by atoms with Crippen molar-refractivity contribution in [1.29, 1.82) is 0 Å². The molecular weight excluding hydrogens is 316 g/mol. The molecule has 0 aliphatic heterocycles. The first-order chi connectivity index (χ1) is 12.0. The lowest BCUT2D eigenvalue weighted by molar-refractivity contribution is 0.405. The molecule has 0 fully saturated rings. The number of anilines is 3. The molecule has 1 atom stereocenters. The van der Waals surface area contributed by atoms with Crippen molar-refractivity contribution in [2.75, 3.05) is 38.4 Å². The zero-order chi connectivity index (χ0) is 18.2. The number of benzene rings is 1. The van der Waals surface area contributed by atoms with Crippen molar-refractivity contribution in [3.05, 3.63) is 35.5 Å². The maximum Gasteiger partial charge on any atom is 0.229 e. The molecule has 0 saturated carbocycles. The van der Waals surface area contributed by atoms with Gasteiger partial charge < -0.3 is 26.0 Å². The third-order valence-electron chi connectivity index (χ3n) is 3.80. The number of likely N-dealkylation sites (N-methyl/N-ethyl adjacent to an activating group) is 1.